The fourth-order valence-corrected chi connectivity index (χ4v) is 1.31. The lowest BCUT2D eigenvalue weighted by atomic mass is 9.97. The minimum absolute atomic E-state index is 0.188. The molecule has 3 nitrogen and oxygen atoms in total. The summed E-state index contributed by atoms with van der Waals surface area (Å²) in [5, 5.41) is 12.9. The molecule has 0 spiro atoms. The number of aliphatic hydroxyl groups excluding tert-OH is 1. The van der Waals surface area contributed by atoms with Crippen molar-refractivity contribution >= 4 is 0 Å². The minimum atomic E-state index is -0.188. The van der Waals surface area contributed by atoms with Crippen molar-refractivity contribution in [1.29, 1.82) is 0 Å². The van der Waals surface area contributed by atoms with Crippen molar-refractivity contribution in [2.45, 2.75) is 25.4 Å². The molecule has 54 valence electrons. The molecule has 2 rings (SSSR count). The number of fused-ring (bicyclic) bond motifs is 1. The molecule has 1 aliphatic rings. The highest BCUT2D eigenvalue weighted by Gasteiger charge is 2.19. The molecular weight excluding hydrogens is 130 g/mol. The molecule has 0 unspecified atom stereocenters. The summed E-state index contributed by atoms with van der Waals surface area (Å²) < 4.78 is 4.94. The first kappa shape index (κ1) is 5.92. The van der Waals surface area contributed by atoms with Crippen LogP contribution in [-0.2, 0) is 12.8 Å². The van der Waals surface area contributed by atoms with Crippen molar-refractivity contribution in [1.82, 2.24) is 5.16 Å². The van der Waals surface area contributed by atoms with Crippen LogP contribution in [0, 0.1) is 0 Å². The van der Waals surface area contributed by atoms with Crippen molar-refractivity contribution in [3.8, 4) is 0 Å². The average molecular weight is 139 g/mol. The van der Waals surface area contributed by atoms with Gasteiger partial charge in [-0.1, -0.05) is 5.16 Å². The van der Waals surface area contributed by atoms with Crippen molar-refractivity contribution in [3.63, 3.8) is 0 Å². The monoisotopic (exact) mass is 139 g/mol. The summed E-state index contributed by atoms with van der Waals surface area (Å²) in [5.74, 6) is 0.949. The van der Waals surface area contributed by atoms with Crippen LogP contribution in [0.25, 0.3) is 0 Å². The molecule has 3 heteroatoms. The molecular formula is C7H9NO2. The van der Waals surface area contributed by atoms with Gasteiger partial charge in [-0.15, -0.1) is 0 Å². The van der Waals surface area contributed by atoms with Gasteiger partial charge in [0.05, 0.1) is 12.3 Å². The molecule has 1 heterocycles. The zero-order chi connectivity index (χ0) is 6.97. The quantitative estimate of drug-likeness (QED) is 0.570. The van der Waals surface area contributed by atoms with E-state index in [9.17, 15) is 5.11 Å². The number of aromatic nitrogens is 1. The van der Waals surface area contributed by atoms with Gasteiger partial charge in [0.15, 0.2) is 0 Å². The molecule has 0 radical (unpaired) electrons. The van der Waals surface area contributed by atoms with E-state index in [1.54, 1.807) is 6.20 Å². The van der Waals surface area contributed by atoms with Crippen LogP contribution in [-0.4, -0.2) is 16.4 Å². The van der Waals surface area contributed by atoms with Gasteiger partial charge in [0.2, 0.25) is 0 Å². The van der Waals surface area contributed by atoms with E-state index >= 15 is 0 Å². The third-order valence-electron chi connectivity index (χ3n) is 1.89. The van der Waals surface area contributed by atoms with Gasteiger partial charge in [0.1, 0.15) is 5.76 Å². The molecule has 0 saturated carbocycles. The second-order valence-electron chi connectivity index (χ2n) is 2.67. The molecule has 1 aromatic heterocycles. The summed E-state index contributed by atoms with van der Waals surface area (Å²) in [6.07, 6.45) is 3.85. The number of aliphatic hydroxyl groups is 1. The smallest absolute Gasteiger partial charge is 0.140 e. The van der Waals surface area contributed by atoms with Crippen LogP contribution in [0.2, 0.25) is 0 Å². The topological polar surface area (TPSA) is 46.3 Å². The molecule has 1 aromatic rings. The molecule has 0 aliphatic heterocycles. The van der Waals surface area contributed by atoms with Crippen LogP contribution < -0.4 is 0 Å². The minimum Gasteiger partial charge on any atom is -0.393 e. The zero-order valence-corrected chi connectivity index (χ0v) is 5.58. The van der Waals surface area contributed by atoms with E-state index < -0.39 is 0 Å². The lowest BCUT2D eigenvalue weighted by molar-refractivity contribution is 0.153. The second kappa shape index (κ2) is 2.09. The standard InChI is InChI=1S/C7H9NO2/c9-6-1-2-7-5(3-6)4-8-10-7/h4,6,9H,1-3H2/t6-/m1/s1. The summed E-state index contributed by atoms with van der Waals surface area (Å²) in [4.78, 5) is 0. The van der Waals surface area contributed by atoms with Crippen LogP contribution in [0.15, 0.2) is 10.7 Å². The Morgan fingerprint density at radius 3 is 3.50 bits per heavy atom. The number of rotatable bonds is 0. The normalized spacial score (nSPS) is 24.3. The Morgan fingerprint density at radius 2 is 2.60 bits per heavy atom. The molecule has 10 heavy (non-hydrogen) atoms. The van der Waals surface area contributed by atoms with E-state index in [0.717, 1.165) is 24.2 Å². The van der Waals surface area contributed by atoms with Crippen LogP contribution in [0.4, 0.5) is 0 Å². The molecule has 0 fully saturated rings. The second-order valence-corrected chi connectivity index (χ2v) is 2.67. The summed E-state index contributed by atoms with van der Waals surface area (Å²) >= 11 is 0. The highest BCUT2D eigenvalue weighted by atomic mass is 16.5. The van der Waals surface area contributed by atoms with E-state index in [1.807, 2.05) is 0 Å². The van der Waals surface area contributed by atoms with Crippen molar-refractivity contribution < 1.29 is 9.63 Å². The molecule has 0 amide bonds. The maximum atomic E-state index is 9.20. The first-order chi connectivity index (χ1) is 4.86. The Morgan fingerprint density at radius 1 is 1.70 bits per heavy atom. The average Bonchev–Trinajstić information content (AvgIpc) is 2.33. The number of hydrogen-bond acceptors (Lipinski definition) is 3. The molecule has 1 aliphatic carbocycles. The fourth-order valence-electron chi connectivity index (χ4n) is 1.31. The third kappa shape index (κ3) is 0.827. The Bertz CT molecular complexity index is 231. The molecule has 1 N–H and O–H groups in total. The predicted octanol–water partition coefficient (Wildman–Crippen LogP) is 0.524. The summed E-state index contributed by atoms with van der Waals surface area (Å²) in [5.41, 5.74) is 1.07. The van der Waals surface area contributed by atoms with Gasteiger partial charge in [-0.2, -0.15) is 0 Å². The summed E-state index contributed by atoms with van der Waals surface area (Å²) in [6, 6.07) is 0. The molecule has 0 saturated heterocycles. The van der Waals surface area contributed by atoms with Crippen LogP contribution in [0.1, 0.15) is 17.7 Å². The van der Waals surface area contributed by atoms with Gasteiger partial charge in [-0.3, -0.25) is 0 Å². The maximum Gasteiger partial charge on any atom is 0.140 e. The van der Waals surface area contributed by atoms with Gasteiger partial charge in [-0.05, 0) is 6.42 Å². The Hall–Kier alpha value is -0.830. The lowest BCUT2D eigenvalue weighted by Gasteiger charge is -2.13. The first-order valence-electron chi connectivity index (χ1n) is 3.47. The van der Waals surface area contributed by atoms with Gasteiger partial charge >= 0.3 is 0 Å². The van der Waals surface area contributed by atoms with E-state index in [-0.39, 0.29) is 6.10 Å². The van der Waals surface area contributed by atoms with Gasteiger partial charge in [0.25, 0.3) is 0 Å². The summed E-state index contributed by atoms with van der Waals surface area (Å²) in [7, 11) is 0. The fraction of sp³-hybridized carbons (Fsp3) is 0.571. The van der Waals surface area contributed by atoms with Crippen molar-refractivity contribution in [2.24, 2.45) is 0 Å². The zero-order valence-electron chi connectivity index (χ0n) is 5.58. The van der Waals surface area contributed by atoms with E-state index in [1.165, 1.54) is 0 Å². The molecule has 1 atom stereocenters. The maximum absolute atomic E-state index is 9.20. The first-order valence-corrected chi connectivity index (χ1v) is 3.47. The van der Waals surface area contributed by atoms with Crippen LogP contribution in [0.5, 0.6) is 0 Å². The Balaban J connectivity index is 2.30. The number of aryl methyl sites for hydroxylation is 1. The van der Waals surface area contributed by atoms with Crippen LogP contribution in [0.3, 0.4) is 0 Å². The van der Waals surface area contributed by atoms with Gasteiger partial charge in [0, 0.05) is 18.4 Å². The highest BCUT2D eigenvalue weighted by Crippen LogP contribution is 2.20. The molecule has 0 aromatic carbocycles. The van der Waals surface area contributed by atoms with Crippen LogP contribution >= 0.6 is 0 Å². The summed E-state index contributed by atoms with van der Waals surface area (Å²) in [6.45, 7) is 0. The predicted molar refractivity (Wildman–Crippen MR) is 34.5 cm³/mol. The number of hydrogen-bond donors (Lipinski definition) is 1. The SMILES string of the molecule is O[C@@H]1CCc2oncc2C1. The van der Waals surface area contributed by atoms with E-state index in [0.29, 0.717) is 6.42 Å². The number of nitrogens with zero attached hydrogens (tertiary/aromatic N) is 1. The Labute approximate surface area is 58.6 Å². The molecule has 0 bridgehead atoms. The Kier molecular flexibility index (Phi) is 1.24. The van der Waals surface area contributed by atoms with Crippen molar-refractivity contribution in [2.75, 3.05) is 0 Å². The van der Waals surface area contributed by atoms with E-state index in [4.69, 9.17) is 4.52 Å². The lowest BCUT2D eigenvalue weighted by Crippen LogP contribution is -2.16. The van der Waals surface area contributed by atoms with Gasteiger partial charge in [-0.25, -0.2) is 0 Å². The van der Waals surface area contributed by atoms with E-state index in [2.05, 4.69) is 5.16 Å². The highest BCUT2D eigenvalue weighted by molar-refractivity contribution is 5.17. The largest absolute Gasteiger partial charge is 0.393 e. The third-order valence-corrected chi connectivity index (χ3v) is 1.89. The van der Waals surface area contributed by atoms with Gasteiger partial charge < -0.3 is 9.63 Å². The van der Waals surface area contributed by atoms with Crippen molar-refractivity contribution in [3.05, 3.63) is 17.5 Å².